The lowest BCUT2D eigenvalue weighted by Gasteiger charge is -2.37. The van der Waals surface area contributed by atoms with Crippen molar-refractivity contribution in [3.8, 4) is 11.4 Å². The van der Waals surface area contributed by atoms with Gasteiger partial charge in [-0.05, 0) is 37.7 Å². The van der Waals surface area contributed by atoms with E-state index in [4.69, 9.17) is 8.94 Å². The quantitative estimate of drug-likeness (QED) is 0.778. The molecule has 2 N–H and O–H groups in total. The van der Waals surface area contributed by atoms with Gasteiger partial charge in [-0.25, -0.2) is 4.79 Å². The summed E-state index contributed by atoms with van der Waals surface area (Å²) in [7, 11) is 0. The Labute approximate surface area is 151 Å². The first-order valence-electron chi connectivity index (χ1n) is 8.92. The number of carboxylic acids is 1. The average molecular weight is 361 g/mol. The first kappa shape index (κ1) is 18.2. The standard InChI is InChI=1S/C18H23N3O5/c1-2-12-5-8-18(9-6-12,17(23)24)20-14(22)3-4-15-19-16(21-26-15)13-7-10-25-11-13/h7,10-12H,2-6,8-9H2,1H3,(H,20,22)(H,23,24). The molecule has 1 aliphatic carbocycles. The Morgan fingerprint density at radius 2 is 2.15 bits per heavy atom. The molecule has 8 nitrogen and oxygen atoms in total. The van der Waals surface area contributed by atoms with Gasteiger partial charge in [-0.15, -0.1) is 0 Å². The van der Waals surface area contributed by atoms with E-state index in [-0.39, 0.29) is 18.7 Å². The number of furan rings is 1. The van der Waals surface area contributed by atoms with E-state index in [1.54, 1.807) is 6.07 Å². The zero-order valence-corrected chi connectivity index (χ0v) is 14.7. The molecule has 2 heterocycles. The molecule has 2 aromatic heterocycles. The zero-order chi connectivity index (χ0) is 18.6. The monoisotopic (exact) mass is 361 g/mol. The molecule has 1 fully saturated rings. The summed E-state index contributed by atoms with van der Waals surface area (Å²) in [6, 6.07) is 1.71. The third-order valence-electron chi connectivity index (χ3n) is 5.14. The minimum Gasteiger partial charge on any atom is -0.480 e. The molecule has 8 heteroatoms. The van der Waals surface area contributed by atoms with E-state index in [0.717, 1.165) is 19.3 Å². The van der Waals surface area contributed by atoms with Crippen molar-refractivity contribution in [2.24, 2.45) is 5.92 Å². The average Bonchev–Trinajstić information content (AvgIpc) is 3.32. The number of aliphatic carboxylic acids is 1. The molecule has 0 atom stereocenters. The number of rotatable bonds is 7. The largest absolute Gasteiger partial charge is 0.480 e. The van der Waals surface area contributed by atoms with Crippen molar-refractivity contribution < 1.29 is 23.6 Å². The number of carboxylic acid groups (broad SMARTS) is 1. The van der Waals surface area contributed by atoms with Crippen molar-refractivity contribution in [2.45, 2.75) is 57.4 Å². The number of nitrogens with one attached hydrogen (secondary N) is 1. The van der Waals surface area contributed by atoms with Crippen LogP contribution in [0.4, 0.5) is 0 Å². The molecule has 0 bridgehead atoms. The maximum absolute atomic E-state index is 12.3. The minimum absolute atomic E-state index is 0.0965. The number of aryl methyl sites for hydroxylation is 1. The highest BCUT2D eigenvalue weighted by atomic mass is 16.5. The molecule has 1 saturated carbocycles. The summed E-state index contributed by atoms with van der Waals surface area (Å²) in [5.74, 6) is -0.00516. The molecule has 0 spiro atoms. The number of hydrogen-bond donors (Lipinski definition) is 2. The summed E-state index contributed by atoms with van der Waals surface area (Å²) in [5, 5.41) is 16.2. The number of nitrogens with zero attached hydrogens (tertiary/aromatic N) is 2. The molecule has 1 aliphatic rings. The van der Waals surface area contributed by atoms with Crippen LogP contribution in [0.2, 0.25) is 0 Å². The van der Waals surface area contributed by atoms with Gasteiger partial charge in [-0.2, -0.15) is 4.98 Å². The van der Waals surface area contributed by atoms with E-state index < -0.39 is 11.5 Å². The lowest BCUT2D eigenvalue weighted by molar-refractivity contribution is -0.149. The fraction of sp³-hybridized carbons (Fsp3) is 0.556. The second-order valence-electron chi connectivity index (χ2n) is 6.81. The Balaban J connectivity index is 1.55. The van der Waals surface area contributed by atoms with Crippen LogP contribution in [-0.2, 0) is 16.0 Å². The normalized spacial score (nSPS) is 22.9. The van der Waals surface area contributed by atoms with Gasteiger partial charge in [0.2, 0.25) is 17.6 Å². The molecule has 0 saturated heterocycles. The van der Waals surface area contributed by atoms with Crippen LogP contribution in [0.25, 0.3) is 11.4 Å². The highest BCUT2D eigenvalue weighted by molar-refractivity contribution is 5.87. The third kappa shape index (κ3) is 3.95. The van der Waals surface area contributed by atoms with Crippen molar-refractivity contribution in [3.63, 3.8) is 0 Å². The van der Waals surface area contributed by atoms with Crippen LogP contribution >= 0.6 is 0 Å². The lowest BCUT2D eigenvalue weighted by Crippen LogP contribution is -2.56. The smallest absolute Gasteiger partial charge is 0.329 e. The highest BCUT2D eigenvalue weighted by Crippen LogP contribution is 2.34. The summed E-state index contributed by atoms with van der Waals surface area (Å²) in [6.45, 7) is 2.11. The topological polar surface area (TPSA) is 118 Å². The first-order chi connectivity index (χ1) is 12.5. The molecule has 0 aromatic carbocycles. The minimum atomic E-state index is -1.15. The highest BCUT2D eigenvalue weighted by Gasteiger charge is 2.42. The Morgan fingerprint density at radius 1 is 1.38 bits per heavy atom. The van der Waals surface area contributed by atoms with Crippen LogP contribution in [0.1, 0.15) is 51.3 Å². The SMILES string of the molecule is CCC1CCC(NC(=O)CCc2nc(-c3ccoc3)no2)(C(=O)O)CC1. The van der Waals surface area contributed by atoms with E-state index in [1.165, 1.54) is 12.5 Å². The summed E-state index contributed by atoms with van der Waals surface area (Å²) in [6.07, 6.45) is 6.99. The molecule has 26 heavy (non-hydrogen) atoms. The van der Waals surface area contributed by atoms with E-state index >= 15 is 0 Å². The second kappa shape index (κ2) is 7.72. The van der Waals surface area contributed by atoms with Crippen LogP contribution in [0, 0.1) is 5.92 Å². The van der Waals surface area contributed by atoms with Gasteiger partial charge < -0.3 is 19.4 Å². The van der Waals surface area contributed by atoms with Crippen LogP contribution in [0.5, 0.6) is 0 Å². The van der Waals surface area contributed by atoms with Gasteiger partial charge in [0, 0.05) is 12.8 Å². The fourth-order valence-corrected chi connectivity index (χ4v) is 3.39. The lowest BCUT2D eigenvalue weighted by atomic mass is 9.75. The number of hydrogen-bond acceptors (Lipinski definition) is 6. The van der Waals surface area contributed by atoms with Gasteiger partial charge in [0.1, 0.15) is 11.8 Å². The molecule has 0 aliphatic heterocycles. The maximum atomic E-state index is 12.3. The molecule has 140 valence electrons. The zero-order valence-electron chi connectivity index (χ0n) is 14.7. The number of amides is 1. The Kier molecular flexibility index (Phi) is 5.39. The van der Waals surface area contributed by atoms with E-state index in [0.29, 0.717) is 36.0 Å². The van der Waals surface area contributed by atoms with Crippen molar-refractivity contribution in [1.29, 1.82) is 0 Å². The van der Waals surface area contributed by atoms with Crippen molar-refractivity contribution >= 4 is 11.9 Å². The molecule has 0 unspecified atom stereocenters. The number of carbonyl (C=O) groups excluding carboxylic acids is 1. The predicted molar refractivity (Wildman–Crippen MR) is 91.1 cm³/mol. The molecular formula is C18H23N3O5. The Hall–Kier alpha value is -2.64. The number of carbonyl (C=O) groups is 2. The van der Waals surface area contributed by atoms with Gasteiger partial charge in [-0.1, -0.05) is 18.5 Å². The summed E-state index contributed by atoms with van der Waals surface area (Å²) >= 11 is 0. The molecule has 1 amide bonds. The molecule has 3 rings (SSSR count). The number of aromatic nitrogens is 2. The molecular weight excluding hydrogens is 338 g/mol. The van der Waals surface area contributed by atoms with Gasteiger partial charge in [0.15, 0.2) is 0 Å². The van der Waals surface area contributed by atoms with Crippen LogP contribution in [0.15, 0.2) is 27.5 Å². The van der Waals surface area contributed by atoms with Crippen molar-refractivity contribution in [1.82, 2.24) is 15.5 Å². The predicted octanol–water partition coefficient (Wildman–Crippen LogP) is 2.80. The van der Waals surface area contributed by atoms with Crippen LogP contribution in [-0.4, -0.2) is 32.7 Å². The summed E-state index contributed by atoms with van der Waals surface area (Å²) in [5.41, 5.74) is -0.457. The van der Waals surface area contributed by atoms with Gasteiger partial charge in [0.05, 0.1) is 11.8 Å². The van der Waals surface area contributed by atoms with Crippen LogP contribution in [0.3, 0.4) is 0 Å². The van der Waals surface area contributed by atoms with Gasteiger partial charge >= 0.3 is 5.97 Å². The maximum Gasteiger partial charge on any atom is 0.329 e. The van der Waals surface area contributed by atoms with Gasteiger partial charge in [-0.3, -0.25) is 4.79 Å². The summed E-state index contributed by atoms with van der Waals surface area (Å²) in [4.78, 5) is 28.3. The van der Waals surface area contributed by atoms with Crippen LogP contribution < -0.4 is 5.32 Å². The summed E-state index contributed by atoms with van der Waals surface area (Å²) < 4.78 is 10.1. The van der Waals surface area contributed by atoms with E-state index in [2.05, 4.69) is 22.4 Å². The van der Waals surface area contributed by atoms with E-state index in [1.807, 2.05) is 0 Å². The fourth-order valence-electron chi connectivity index (χ4n) is 3.39. The van der Waals surface area contributed by atoms with Crippen molar-refractivity contribution in [3.05, 3.63) is 24.5 Å². The Morgan fingerprint density at radius 3 is 2.77 bits per heavy atom. The van der Waals surface area contributed by atoms with E-state index in [9.17, 15) is 14.7 Å². The first-order valence-corrected chi connectivity index (χ1v) is 8.92. The van der Waals surface area contributed by atoms with Gasteiger partial charge in [0.25, 0.3) is 0 Å². The molecule has 2 aromatic rings. The second-order valence-corrected chi connectivity index (χ2v) is 6.81. The van der Waals surface area contributed by atoms with Crippen molar-refractivity contribution in [2.75, 3.05) is 0 Å². The molecule has 0 radical (unpaired) electrons. The Bertz CT molecular complexity index is 745. The third-order valence-corrected chi connectivity index (χ3v) is 5.14.